The minimum absolute atomic E-state index is 0.0612. The van der Waals surface area contributed by atoms with Gasteiger partial charge in [-0.1, -0.05) is 30.3 Å². The monoisotopic (exact) mass is 265 g/mol. The number of methoxy groups -OCH3 is 1. The van der Waals surface area contributed by atoms with Crippen LogP contribution in [0.1, 0.15) is 18.4 Å². The Morgan fingerprint density at radius 2 is 2.05 bits per heavy atom. The lowest BCUT2D eigenvalue weighted by molar-refractivity contribution is -0.131. The molecule has 1 unspecified atom stereocenters. The average Bonchev–Trinajstić information content (AvgIpc) is 2.40. The van der Waals surface area contributed by atoms with Gasteiger partial charge in [0.05, 0.1) is 12.7 Å². The number of carbonyl (C=O) groups is 1. The number of amides is 1. The zero-order valence-electron chi connectivity index (χ0n) is 11.7. The largest absolute Gasteiger partial charge is 0.389 e. The Kier molecular flexibility index (Phi) is 7.15. The molecule has 0 fully saturated rings. The van der Waals surface area contributed by atoms with Crippen LogP contribution in [0.4, 0.5) is 0 Å². The number of hydrogen-bond acceptors (Lipinski definition) is 3. The van der Waals surface area contributed by atoms with Crippen LogP contribution < -0.4 is 0 Å². The van der Waals surface area contributed by atoms with Crippen LogP contribution in [0.25, 0.3) is 0 Å². The lowest BCUT2D eigenvalue weighted by Crippen LogP contribution is -2.36. The molecule has 1 rings (SSSR count). The van der Waals surface area contributed by atoms with Crippen molar-refractivity contribution in [3.63, 3.8) is 0 Å². The van der Waals surface area contributed by atoms with Gasteiger partial charge in [0.15, 0.2) is 0 Å². The molecule has 4 heteroatoms. The van der Waals surface area contributed by atoms with E-state index in [1.54, 1.807) is 11.9 Å². The van der Waals surface area contributed by atoms with Gasteiger partial charge in [0.2, 0.25) is 5.91 Å². The van der Waals surface area contributed by atoms with Gasteiger partial charge in [-0.15, -0.1) is 0 Å². The van der Waals surface area contributed by atoms with E-state index in [9.17, 15) is 9.90 Å². The molecule has 106 valence electrons. The molecule has 1 aromatic rings. The van der Waals surface area contributed by atoms with Crippen molar-refractivity contribution in [2.45, 2.75) is 25.4 Å². The van der Waals surface area contributed by atoms with Gasteiger partial charge in [0, 0.05) is 27.1 Å². The Morgan fingerprint density at radius 3 is 2.68 bits per heavy atom. The van der Waals surface area contributed by atoms with E-state index in [-0.39, 0.29) is 12.5 Å². The number of aryl methyl sites for hydroxylation is 1. The molecule has 0 radical (unpaired) electrons. The van der Waals surface area contributed by atoms with Gasteiger partial charge in [-0.05, 0) is 18.4 Å². The summed E-state index contributed by atoms with van der Waals surface area (Å²) in [7, 11) is 3.24. The highest BCUT2D eigenvalue weighted by Gasteiger charge is 2.13. The lowest BCUT2D eigenvalue weighted by atomic mass is 10.1. The van der Waals surface area contributed by atoms with Crippen LogP contribution in [0, 0.1) is 0 Å². The first kappa shape index (κ1) is 15.7. The molecule has 0 heterocycles. The van der Waals surface area contributed by atoms with Crippen molar-refractivity contribution in [3.05, 3.63) is 35.9 Å². The van der Waals surface area contributed by atoms with Gasteiger partial charge in [-0.25, -0.2) is 0 Å². The molecule has 1 atom stereocenters. The molecule has 19 heavy (non-hydrogen) atoms. The Morgan fingerprint density at radius 1 is 1.37 bits per heavy atom. The number of likely N-dealkylation sites (N-methyl/N-ethyl adjacent to an activating group) is 1. The maximum Gasteiger partial charge on any atom is 0.222 e. The zero-order valence-corrected chi connectivity index (χ0v) is 11.7. The number of carbonyl (C=O) groups excluding carboxylic acids is 1. The molecular formula is C15H23NO3. The topological polar surface area (TPSA) is 49.8 Å². The Labute approximate surface area is 115 Å². The molecule has 0 saturated heterocycles. The molecule has 0 aromatic heterocycles. The van der Waals surface area contributed by atoms with Crippen molar-refractivity contribution >= 4 is 5.91 Å². The van der Waals surface area contributed by atoms with Crippen LogP contribution in [0.15, 0.2) is 30.3 Å². The fraction of sp³-hybridized carbons (Fsp3) is 0.533. The van der Waals surface area contributed by atoms with E-state index < -0.39 is 6.10 Å². The second-order valence-electron chi connectivity index (χ2n) is 4.72. The van der Waals surface area contributed by atoms with Crippen LogP contribution in [-0.2, 0) is 16.0 Å². The van der Waals surface area contributed by atoms with Crippen molar-refractivity contribution < 1.29 is 14.6 Å². The van der Waals surface area contributed by atoms with Crippen molar-refractivity contribution in [1.29, 1.82) is 0 Å². The standard InChI is InChI=1S/C15H23NO3/c1-16(11-14(17)12-19-2)15(18)10-6-9-13-7-4-3-5-8-13/h3-5,7-8,14,17H,6,9-12H2,1-2H3. The fourth-order valence-electron chi connectivity index (χ4n) is 1.94. The molecule has 0 saturated carbocycles. The molecule has 0 aliphatic heterocycles. The zero-order chi connectivity index (χ0) is 14.1. The Balaban J connectivity index is 2.23. The van der Waals surface area contributed by atoms with Crippen LogP contribution >= 0.6 is 0 Å². The molecule has 0 aliphatic carbocycles. The molecule has 0 spiro atoms. The van der Waals surface area contributed by atoms with Crippen molar-refractivity contribution in [2.24, 2.45) is 0 Å². The van der Waals surface area contributed by atoms with Crippen molar-refractivity contribution in [3.8, 4) is 0 Å². The average molecular weight is 265 g/mol. The minimum atomic E-state index is -0.618. The minimum Gasteiger partial charge on any atom is -0.389 e. The SMILES string of the molecule is COCC(O)CN(C)C(=O)CCCc1ccccc1. The summed E-state index contributed by atoms with van der Waals surface area (Å²) in [5, 5.41) is 9.55. The second-order valence-corrected chi connectivity index (χ2v) is 4.72. The lowest BCUT2D eigenvalue weighted by Gasteiger charge is -2.20. The number of ether oxygens (including phenoxy) is 1. The quantitative estimate of drug-likeness (QED) is 0.774. The number of hydrogen-bond donors (Lipinski definition) is 1. The third kappa shape index (κ3) is 6.36. The number of aliphatic hydroxyl groups excluding tert-OH is 1. The van der Waals surface area contributed by atoms with Crippen LogP contribution in [0.3, 0.4) is 0 Å². The smallest absolute Gasteiger partial charge is 0.222 e. The van der Waals surface area contributed by atoms with E-state index in [1.165, 1.54) is 12.7 Å². The van der Waals surface area contributed by atoms with Crippen LogP contribution in [0.5, 0.6) is 0 Å². The molecule has 1 N–H and O–H groups in total. The summed E-state index contributed by atoms with van der Waals surface area (Å²) in [5.74, 6) is 0.0612. The number of nitrogens with zero attached hydrogens (tertiary/aromatic N) is 1. The summed E-state index contributed by atoms with van der Waals surface area (Å²) in [6.07, 6.45) is 1.62. The van der Waals surface area contributed by atoms with Gasteiger partial charge in [0.1, 0.15) is 0 Å². The third-order valence-electron chi connectivity index (χ3n) is 2.97. The van der Waals surface area contributed by atoms with Crippen molar-refractivity contribution in [1.82, 2.24) is 4.90 Å². The van der Waals surface area contributed by atoms with Crippen LogP contribution in [0.2, 0.25) is 0 Å². The van der Waals surface area contributed by atoms with Gasteiger partial charge in [-0.2, -0.15) is 0 Å². The van der Waals surface area contributed by atoms with Crippen LogP contribution in [-0.4, -0.2) is 49.3 Å². The van der Waals surface area contributed by atoms with E-state index in [1.807, 2.05) is 18.2 Å². The van der Waals surface area contributed by atoms with E-state index in [2.05, 4.69) is 12.1 Å². The van der Waals surface area contributed by atoms with E-state index >= 15 is 0 Å². The van der Waals surface area contributed by atoms with Gasteiger partial charge in [-0.3, -0.25) is 4.79 Å². The third-order valence-corrected chi connectivity index (χ3v) is 2.97. The molecule has 0 aliphatic rings. The first-order valence-electron chi connectivity index (χ1n) is 6.58. The summed E-state index contributed by atoms with van der Waals surface area (Å²) in [5.41, 5.74) is 1.25. The highest BCUT2D eigenvalue weighted by molar-refractivity contribution is 5.75. The summed E-state index contributed by atoms with van der Waals surface area (Å²) in [4.78, 5) is 13.4. The molecular weight excluding hydrogens is 242 g/mol. The van der Waals surface area contributed by atoms with Gasteiger partial charge < -0.3 is 14.7 Å². The Bertz CT molecular complexity index is 367. The van der Waals surface area contributed by atoms with Gasteiger partial charge in [0.25, 0.3) is 0 Å². The number of benzene rings is 1. The van der Waals surface area contributed by atoms with E-state index in [0.717, 1.165) is 12.8 Å². The summed E-state index contributed by atoms with van der Waals surface area (Å²) >= 11 is 0. The Hall–Kier alpha value is -1.39. The maximum atomic E-state index is 11.8. The molecule has 1 aromatic carbocycles. The molecule has 4 nitrogen and oxygen atoms in total. The molecule has 0 bridgehead atoms. The summed E-state index contributed by atoms with van der Waals surface area (Å²) < 4.78 is 4.84. The van der Waals surface area contributed by atoms with E-state index in [0.29, 0.717) is 13.0 Å². The second kappa shape index (κ2) is 8.67. The maximum absolute atomic E-state index is 11.8. The van der Waals surface area contributed by atoms with Gasteiger partial charge >= 0.3 is 0 Å². The predicted molar refractivity (Wildman–Crippen MR) is 74.9 cm³/mol. The first-order valence-corrected chi connectivity index (χ1v) is 6.58. The highest BCUT2D eigenvalue weighted by atomic mass is 16.5. The van der Waals surface area contributed by atoms with E-state index in [4.69, 9.17) is 4.74 Å². The summed E-state index contributed by atoms with van der Waals surface area (Å²) in [6.45, 7) is 0.569. The number of aliphatic hydroxyl groups is 1. The van der Waals surface area contributed by atoms with Crippen molar-refractivity contribution in [2.75, 3.05) is 27.3 Å². The first-order chi connectivity index (χ1) is 9.13. The number of rotatable bonds is 8. The highest BCUT2D eigenvalue weighted by Crippen LogP contribution is 2.06. The fourth-order valence-corrected chi connectivity index (χ4v) is 1.94. The summed E-state index contributed by atoms with van der Waals surface area (Å²) in [6, 6.07) is 10.1. The normalized spacial score (nSPS) is 12.2. The predicted octanol–water partition coefficient (Wildman–Crippen LogP) is 1.47. The molecule has 1 amide bonds.